The van der Waals surface area contributed by atoms with Crippen molar-refractivity contribution in [2.75, 3.05) is 5.32 Å². The maximum atomic E-state index is 11.6. The van der Waals surface area contributed by atoms with E-state index >= 15 is 0 Å². The van der Waals surface area contributed by atoms with Crippen LogP contribution in [0.5, 0.6) is 0 Å². The number of oxazole rings is 1. The molecule has 100 valence electrons. The van der Waals surface area contributed by atoms with E-state index in [1.807, 2.05) is 31.2 Å². The number of anilines is 1. The van der Waals surface area contributed by atoms with Gasteiger partial charge in [-0.3, -0.25) is 4.79 Å². The van der Waals surface area contributed by atoms with Gasteiger partial charge in [-0.1, -0.05) is 19.1 Å². The molecule has 1 unspecified atom stereocenters. The Labute approximate surface area is 111 Å². The van der Waals surface area contributed by atoms with E-state index in [-0.39, 0.29) is 5.91 Å². The number of rotatable bonds is 4. The van der Waals surface area contributed by atoms with Crippen LogP contribution in [-0.2, 0) is 4.79 Å². The molecule has 0 saturated carbocycles. The van der Waals surface area contributed by atoms with Crippen molar-refractivity contribution < 1.29 is 9.21 Å². The van der Waals surface area contributed by atoms with Crippen LogP contribution in [0, 0.1) is 6.92 Å². The summed E-state index contributed by atoms with van der Waals surface area (Å²) in [6.07, 6.45) is 2.22. The van der Waals surface area contributed by atoms with Crippen LogP contribution in [0.1, 0.15) is 19.2 Å². The maximum Gasteiger partial charge on any atom is 0.241 e. The molecule has 5 heteroatoms. The Kier molecular flexibility index (Phi) is 3.97. The number of carbonyl (C=O) groups is 1. The second-order valence-electron chi connectivity index (χ2n) is 4.33. The number of carbonyl (C=O) groups excluding carboxylic acids is 1. The van der Waals surface area contributed by atoms with Crippen molar-refractivity contribution >= 4 is 11.6 Å². The first-order chi connectivity index (χ1) is 9.10. The molecule has 2 rings (SSSR count). The molecule has 1 heterocycles. The number of hydrogen-bond donors (Lipinski definition) is 2. The molecule has 0 saturated heterocycles. The number of aryl methyl sites for hydroxylation is 1. The minimum atomic E-state index is -0.474. The molecule has 0 bridgehead atoms. The van der Waals surface area contributed by atoms with Crippen molar-refractivity contribution in [3.05, 3.63) is 36.4 Å². The van der Waals surface area contributed by atoms with Crippen LogP contribution in [0.3, 0.4) is 0 Å². The summed E-state index contributed by atoms with van der Waals surface area (Å²) in [7, 11) is 0. The summed E-state index contributed by atoms with van der Waals surface area (Å²) in [5.41, 5.74) is 8.09. The van der Waals surface area contributed by atoms with Gasteiger partial charge in [0, 0.05) is 18.2 Å². The molecular formula is C14H17N3O2. The number of nitrogens with one attached hydrogen (secondary N) is 1. The van der Waals surface area contributed by atoms with Gasteiger partial charge in [-0.05, 0) is 18.6 Å². The van der Waals surface area contributed by atoms with Gasteiger partial charge in [0.2, 0.25) is 5.91 Å². The van der Waals surface area contributed by atoms with Gasteiger partial charge in [-0.2, -0.15) is 0 Å². The van der Waals surface area contributed by atoms with Crippen molar-refractivity contribution in [1.29, 1.82) is 0 Å². The molecule has 1 amide bonds. The Bertz CT molecular complexity index is 560. The highest BCUT2D eigenvalue weighted by Crippen LogP contribution is 2.20. The average Bonchev–Trinajstić information content (AvgIpc) is 2.85. The highest BCUT2D eigenvalue weighted by molar-refractivity contribution is 5.94. The van der Waals surface area contributed by atoms with Crippen LogP contribution in [0.2, 0.25) is 0 Å². The Balaban J connectivity index is 2.08. The van der Waals surface area contributed by atoms with Gasteiger partial charge in [0.05, 0.1) is 6.04 Å². The molecule has 1 aromatic heterocycles. The molecule has 0 radical (unpaired) electrons. The Morgan fingerprint density at radius 1 is 1.42 bits per heavy atom. The Morgan fingerprint density at radius 3 is 2.63 bits per heavy atom. The molecule has 0 fully saturated rings. The monoisotopic (exact) mass is 259 g/mol. The molecule has 0 aliphatic heterocycles. The first kappa shape index (κ1) is 13.3. The first-order valence-electron chi connectivity index (χ1n) is 6.19. The molecule has 0 aliphatic rings. The number of aromatic nitrogens is 1. The fraction of sp³-hybridized carbons (Fsp3) is 0.286. The van der Waals surface area contributed by atoms with E-state index in [4.69, 9.17) is 10.2 Å². The van der Waals surface area contributed by atoms with Gasteiger partial charge < -0.3 is 15.5 Å². The lowest BCUT2D eigenvalue weighted by Crippen LogP contribution is -2.34. The van der Waals surface area contributed by atoms with E-state index in [0.29, 0.717) is 12.3 Å². The predicted molar refractivity (Wildman–Crippen MR) is 73.6 cm³/mol. The summed E-state index contributed by atoms with van der Waals surface area (Å²) >= 11 is 0. The second kappa shape index (κ2) is 5.67. The smallest absolute Gasteiger partial charge is 0.241 e. The molecule has 3 N–H and O–H groups in total. The lowest BCUT2D eigenvalue weighted by molar-refractivity contribution is -0.117. The highest BCUT2D eigenvalue weighted by Gasteiger charge is 2.11. The summed E-state index contributed by atoms with van der Waals surface area (Å²) in [5.74, 6) is 0.453. The normalized spacial score (nSPS) is 12.2. The summed E-state index contributed by atoms with van der Waals surface area (Å²) in [4.78, 5) is 15.9. The topological polar surface area (TPSA) is 81.2 Å². The summed E-state index contributed by atoms with van der Waals surface area (Å²) in [6, 6.07) is 6.92. The third kappa shape index (κ3) is 3.20. The van der Waals surface area contributed by atoms with Crippen molar-refractivity contribution in [2.45, 2.75) is 26.3 Å². The van der Waals surface area contributed by atoms with Gasteiger partial charge in [0.1, 0.15) is 12.0 Å². The maximum absolute atomic E-state index is 11.6. The SMILES string of the molecule is CCC(N)C(=O)Nc1ccc(-c2coc(C)n2)cc1. The van der Waals surface area contributed by atoms with E-state index in [1.54, 1.807) is 13.2 Å². The van der Waals surface area contributed by atoms with Crippen LogP contribution in [0.15, 0.2) is 34.9 Å². The van der Waals surface area contributed by atoms with Gasteiger partial charge in [0.25, 0.3) is 0 Å². The summed E-state index contributed by atoms with van der Waals surface area (Å²) in [5, 5.41) is 2.77. The largest absolute Gasteiger partial charge is 0.449 e. The van der Waals surface area contributed by atoms with Gasteiger partial charge >= 0.3 is 0 Å². The van der Waals surface area contributed by atoms with E-state index < -0.39 is 6.04 Å². The zero-order valence-electron chi connectivity index (χ0n) is 11.0. The zero-order chi connectivity index (χ0) is 13.8. The lowest BCUT2D eigenvalue weighted by Gasteiger charge is -2.10. The minimum Gasteiger partial charge on any atom is -0.449 e. The lowest BCUT2D eigenvalue weighted by atomic mass is 10.1. The van der Waals surface area contributed by atoms with Gasteiger partial charge in [0.15, 0.2) is 5.89 Å². The predicted octanol–water partition coefficient (Wildman–Crippen LogP) is 2.33. The highest BCUT2D eigenvalue weighted by atomic mass is 16.3. The zero-order valence-corrected chi connectivity index (χ0v) is 11.0. The number of hydrogen-bond acceptors (Lipinski definition) is 4. The third-order valence-electron chi connectivity index (χ3n) is 2.84. The third-order valence-corrected chi connectivity index (χ3v) is 2.84. The molecule has 1 aromatic carbocycles. The second-order valence-corrected chi connectivity index (χ2v) is 4.33. The fourth-order valence-electron chi connectivity index (χ4n) is 1.64. The van der Waals surface area contributed by atoms with Crippen LogP contribution in [0.4, 0.5) is 5.69 Å². The van der Waals surface area contributed by atoms with E-state index in [0.717, 1.165) is 16.9 Å². The minimum absolute atomic E-state index is 0.174. The first-order valence-corrected chi connectivity index (χ1v) is 6.19. The quantitative estimate of drug-likeness (QED) is 0.883. The molecule has 0 spiro atoms. The standard InChI is InChI=1S/C14H17N3O2/c1-3-12(15)14(18)17-11-6-4-10(5-7-11)13-8-19-9(2)16-13/h4-8,12H,3,15H2,1-2H3,(H,17,18). The Morgan fingerprint density at radius 2 is 2.11 bits per heavy atom. The molecular weight excluding hydrogens is 242 g/mol. The van der Waals surface area contributed by atoms with Crippen molar-refractivity contribution in [3.63, 3.8) is 0 Å². The fourth-order valence-corrected chi connectivity index (χ4v) is 1.64. The molecule has 2 aromatic rings. The number of amides is 1. The van der Waals surface area contributed by atoms with Crippen LogP contribution in [-0.4, -0.2) is 16.9 Å². The number of nitrogens with two attached hydrogens (primary N) is 1. The van der Waals surface area contributed by atoms with Crippen molar-refractivity contribution in [2.24, 2.45) is 5.73 Å². The van der Waals surface area contributed by atoms with Gasteiger partial charge in [-0.15, -0.1) is 0 Å². The average molecular weight is 259 g/mol. The van der Waals surface area contributed by atoms with Crippen molar-refractivity contribution in [3.8, 4) is 11.3 Å². The number of benzene rings is 1. The van der Waals surface area contributed by atoms with E-state index in [2.05, 4.69) is 10.3 Å². The molecule has 5 nitrogen and oxygen atoms in total. The Hall–Kier alpha value is -2.14. The molecule has 1 atom stereocenters. The van der Waals surface area contributed by atoms with Crippen LogP contribution in [0.25, 0.3) is 11.3 Å². The van der Waals surface area contributed by atoms with E-state index in [9.17, 15) is 4.79 Å². The summed E-state index contributed by atoms with van der Waals surface area (Å²) < 4.78 is 5.16. The van der Waals surface area contributed by atoms with Crippen LogP contribution < -0.4 is 11.1 Å². The summed E-state index contributed by atoms with van der Waals surface area (Å²) in [6.45, 7) is 3.67. The van der Waals surface area contributed by atoms with Crippen LogP contribution >= 0.6 is 0 Å². The molecule has 19 heavy (non-hydrogen) atoms. The van der Waals surface area contributed by atoms with Gasteiger partial charge in [-0.25, -0.2) is 4.98 Å². The molecule has 0 aliphatic carbocycles. The van der Waals surface area contributed by atoms with Crippen molar-refractivity contribution in [1.82, 2.24) is 4.98 Å². The van der Waals surface area contributed by atoms with E-state index in [1.165, 1.54) is 0 Å². The number of nitrogens with zero attached hydrogens (tertiary/aromatic N) is 1.